The summed E-state index contributed by atoms with van der Waals surface area (Å²) in [6, 6.07) is 10.7. The van der Waals surface area contributed by atoms with Crippen LogP contribution < -0.4 is 14.9 Å². The summed E-state index contributed by atoms with van der Waals surface area (Å²) in [5.41, 5.74) is 2.40. The van der Waals surface area contributed by atoms with E-state index < -0.39 is 5.97 Å². The van der Waals surface area contributed by atoms with E-state index in [0.717, 1.165) is 11.1 Å². The van der Waals surface area contributed by atoms with Gasteiger partial charge in [0.15, 0.2) is 6.61 Å². The fourth-order valence-corrected chi connectivity index (χ4v) is 3.22. The van der Waals surface area contributed by atoms with Crippen molar-refractivity contribution >= 4 is 16.9 Å². The third-order valence-electron chi connectivity index (χ3n) is 4.66. The number of aryl methyl sites for hydroxylation is 2. The van der Waals surface area contributed by atoms with Crippen molar-refractivity contribution in [1.82, 2.24) is 0 Å². The molecule has 0 amide bonds. The lowest BCUT2D eigenvalue weighted by Crippen LogP contribution is -2.15. The number of hydrogen-bond donors (Lipinski definition) is 0. The molecule has 0 spiro atoms. The number of fused-ring (bicyclic) bond motifs is 1. The second-order valence-electron chi connectivity index (χ2n) is 6.49. The van der Waals surface area contributed by atoms with Gasteiger partial charge in [-0.15, -0.1) is 0 Å². The molecule has 0 radical (unpaired) electrons. The highest BCUT2D eigenvalue weighted by molar-refractivity contribution is 5.85. The molecule has 0 fully saturated rings. The van der Waals surface area contributed by atoms with Crippen molar-refractivity contribution in [2.45, 2.75) is 27.2 Å². The highest BCUT2D eigenvalue weighted by Crippen LogP contribution is 2.30. The van der Waals surface area contributed by atoms with Crippen molar-refractivity contribution in [3.05, 3.63) is 57.9 Å². The smallest absolute Gasteiger partial charge is 0.344 e. The van der Waals surface area contributed by atoms with Crippen LogP contribution in [0.1, 0.15) is 25.2 Å². The molecule has 6 heteroatoms. The van der Waals surface area contributed by atoms with Crippen LogP contribution in [-0.4, -0.2) is 26.3 Å². The maximum atomic E-state index is 13.2. The summed E-state index contributed by atoms with van der Waals surface area (Å²) in [5.74, 6) is 1.29. The van der Waals surface area contributed by atoms with Crippen LogP contribution in [0.15, 0.2) is 45.6 Å². The number of methoxy groups -OCH3 is 1. The predicted octanol–water partition coefficient (Wildman–Crippen LogP) is 4.28. The zero-order valence-corrected chi connectivity index (χ0v) is 17.0. The van der Waals surface area contributed by atoms with Gasteiger partial charge in [-0.05, 0) is 49.6 Å². The maximum absolute atomic E-state index is 13.2. The van der Waals surface area contributed by atoms with Gasteiger partial charge >= 0.3 is 5.97 Å². The first-order chi connectivity index (χ1) is 14.0. The number of benzene rings is 2. The SMILES string of the molecule is CCOC(=O)COc1cc2oc(C)c(-c3ccc(OC)cc3)c(=O)c2cc1CC. The quantitative estimate of drug-likeness (QED) is 0.555. The van der Waals surface area contributed by atoms with E-state index in [2.05, 4.69) is 0 Å². The average molecular weight is 396 g/mol. The van der Waals surface area contributed by atoms with Crippen molar-refractivity contribution in [3.63, 3.8) is 0 Å². The molecular weight excluding hydrogens is 372 g/mol. The van der Waals surface area contributed by atoms with E-state index in [1.54, 1.807) is 33.1 Å². The van der Waals surface area contributed by atoms with Gasteiger partial charge in [0.2, 0.25) is 5.43 Å². The Morgan fingerprint density at radius 3 is 2.45 bits per heavy atom. The molecule has 3 aromatic rings. The van der Waals surface area contributed by atoms with Crippen LogP contribution in [0.3, 0.4) is 0 Å². The van der Waals surface area contributed by atoms with Gasteiger partial charge in [0.25, 0.3) is 0 Å². The first-order valence-electron chi connectivity index (χ1n) is 9.51. The van der Waals surface area contributed by atoms with Gasteiger partial charge in [-0.3, -0.25) is 4.79 Å². The van der Waals surface area contributed by atoms with Crippen LogP contribution in [0.5, 0.6) is 11.5 Å². The molecule has 0 bridgehead atoms. The minimum atomic E-state index is -0.442. The monoisotopic (exact) mass is 396 g/mol. The van der Waals surface area contributed by atoms with Crippen LogP contribution in [0.25, 0.3) is 22.1 Å². The van der Waals surface area contributed by atoms with Crippen molar-refractivity contribution in [2.75, 3.05) is 20.3 Å². The fourth-order valence-electron chi connectivity index (χ4n) is 3.22. The molecular formula is C23H24O6. The number of carbonyl (C=O) groups is 1. The van der Waals surface area contributed by atoms with Gasteiger partial charge < -0.3 is 18.6 Å². The Morgan fingerprint density at radius 2 is 1.83 bits per heavy atom. The third-order valence-corrected chi connectivity index (χ3v) is 4.66. The van der Waals surface area contributed by atoms with Gasteiger partial charge in [0.05, 0.1) is 24.7 Å². The van der Waals surface area contributed by atoms with E-state index in [9.17, 15) is 9.59 Å². The summed E-state index contributed by atoms with van der Waals surface area (Å²) >= 11 is 0. The maximum Gasteiger partial charge on any atom is 0.344 e. The molecule has 6 nitrogen and oxygen atoms in total. The molecule has 3 rings (SSSR count). The molecule has 152 valence electrons. The van der Waals surface area contributed by atoms with Gasteiger partial charge in [-0.2, -0.15) is 0 Å². The molecule has 0 saturated carbocycles. The molecule has 0 aliphatic heterocycles. The summed E-state index contributed by atoms with van der Waals surface area (Å²) in [5, 5.41) is 0.474. The van der Waals surface area contributed by atoms with Crippen LogP contribution in [0.2, 0.25) is 0 Å². The Labute approximate surface area is 169 Å². The van der Waals surface area contributed by atoms with Crippen LogP contribution in [0, 0.1) is 6.92 Å². The number of rotatable bonds is 7. The van der Waals surface area contributed by atoms with Gasteiger partial charge in [-0.1, -0.05) is 19.1 Å². The topological polar surface area (TPSA) is 75.0 Å². The van der Waals surface area contributed by atoms with E-state index in [-0.39, 0.29) is 12.0 Å². The molecule has 1 aromatic heterocycles. The van der Waals surface area contributed by atoms with E-state index in [1.165, 1.54) is 0 Å². The lowest BCUT2D eigenvalue weighted by molar-refractivity contribution is -0.145. The first kappa shape index (κ1) is 20.5. The molecule has 0 unspecified atom stereocenters. The molecule has 29 heavy (non-hydrogen) atoms. The predicted molar refractivity (Wildman–Crippen MR) is 111 cm³/mol. The summed E-state index contributed by atoms with van der Waals surface area (Å²) < 4.78 is 21.7. The number of ether oxygens (including phenoxy) is 3. The fraction of sp³-hybridized carbons (Fsp3) is 0.304. The van der Waals surface area contributed by atoms with Gasteiger partial charge in [-0.25, -0.2) is 4.79 Å². The summed E-state index contributed by atoms with van der Waals surface area (Å²) in [4.78, 5) is 24.8. The zero-order chi connectivity index (χ0) is 21.0. The Bertz CT molecular complexity index is 1080. The average Bonchev–Trinajstić information content (AvgIpc) is 2.72. The molecule has 0 aliphatic carbocycles. The van der Waals surface area contributed by atoms with Crippen LogP contribution in [-0.2, 0) is 16.0 Å². The Hall–Kier alpha value is -3.28. The van der Waals surface area contributed by atoms with E-state index >= 15 is 0 Å². The Morgan fingerprint density at radius 1 is 1.10 bits per heavy atom. The largest absolute Gasteiger partial charge is 0.497 e. The van der Waals surface area contributed by atoms with Gasteiger partial charge in [0.1, 0.15) is 22.8 Å². The number of carbonyl (C=O) groups excluding carboxylic acids is 1. The second-order valence-corrected chi connectivity index (χ2v) is 6.49. The van der Waals surface area contributed by atoms with E-state index in [1.807, 2.05) is 31.2 Å². The van der Waals surface area contributed by atoms with Crippen LogP contribution in [0.4, 0.5) is 0 Å². The first-order valence-corrected chi connectivity index (χ1v) is 9.51. The van der Waals surface area contributed by atoms with Crippen molar-refractivity contribution in [3.8, 4) is 22.6 Å². The Balaban J connectivity index is 2.06. The third kappa shape index (κ3) is 4.26. The molecule has 0 atom stereocenters. The number of hydrogen-bond acceptors (Lipinski definition) is 6. The molecule has 0 aliphatic rings. The molecule has 0 N–H and O–H groups in total. The zero-order valence-electron chi connectivity index (χ0n) is 17.0. The standard InChI is InChI=1S/C23H24O6/c1-5-15-11-18-20(12-19(15)28-13-21(24)27-6-2)29-14(3)22(23(18)25)16-7-9-17(26-4)10-8-16/h7-12H,5-6,13H2,1-4H3. The van der Waals surface area contributed by atoms with Crippen molar-refractivity contribution < 1.29 is 23.4 Å². The summed E-state index contributed by atoms with van der Waals surface area (Å²) in [6.07, 6.45) is 0.638. The normalized spacial score (nSPS) is 10.8. The molecule has 1 heterocycles. The van der Waals surface area contributed by atoms with E-state index in [0.29, 0.717) is 46.8 Å². The molecule has 2 aromatic carbocycles. The Kier molecular flexibility index (Phi) is 6.22. The molecule has 0 saturated heterocycles. The van der Waals surface area contributed by atoms with E-state index in [4.69, 9.17) is 18.6 Å². The lowest BCUT2D eigenvalue weighted by Gasteiger charge is -2.13. The second kappa shape index (κ2) is 8.82. The van der Waals surface area contributed by atoms with Crippen molar-refractivity contribution in [1.29, 1.82) is 0 Å². The minimum Gasteiger partial charge on any atom is -0.497 e. The highest BCUT2D eigenvalue weighted by Gasteiger charge is 2.17. The summed E-state index contributed by atoms with van der Waals surface area (Å²) in [6.45, 7) is 5.55. The van der Waals surface area contributed by atoms with Crippen molar-refractivity contribution in [2.24, 2.45) is 0 Å². The number of esters is 1. The van der Waals surface area contributed by atoms with Gasteiger partial charge in [0, 0.05) is 6.07 Å². The summed E-state index contributed by atoms with van der Waals surface area (Å²) in [7, 11) is 1.60. The lowest BCUT2D eigenvalue weighted by atomic mass is 10.0. The highest BCUT2D eigenvalue weighted by atomic mass is 16.6. The van der Waals surface area contributed by atoms with Crippen LogP contribution >= 0.6 is 0 Å². The minimum absolute atomic E-state index is 0.111.